The molecule has 0 bridgehead atoms. The van der Waals surface area contributed by atoms with Crippen LogP contribution in [0.1, 0.15) is 6.92 Å². The van der Waals surface area contributed by atoms with Crippen LogP contribution in [0.4, 0.5) is 5.82 Å². The van der Waals surface area contributed by atoms with Crippen LogP contribution < -0.4 is 10.5 Å². The molecule has 16 heavy (non-hydrogen) atoms. The van der Waals surface area contributed by atoms with E-state index in [2.05, 4.69) is 25.9 Å². The van der Waals surface area contributed by atoms with Crippen LogP contribution >= 0.6 is 15.9 Å². The van der Waals surface area contributed by atoms with Crippen LogP contribution in [0.3, 0.4) is 0 Å². The first-order chi connectivity index (χ1) is 7.56. The predicted molar refractivity (Wildman–Crippen MR) is 62.5 cm³/mol. The number of H-pyrrole nitrogens is 1. The molecule has 88 valence electrons. The standard InChI is InChI=1S/C9H12BrN3O3/c1-3-16-6(14)4-13(2)8-7(10)9(15)12-5-11-8/h5H,3-4H2,1-2H3,(H,11,12,15). The average molecular weight is 290 g/mol. The topological polar surface area (TPSA) is 75.3 Å². The van der Waals surface area contributed by atoms with E-state index in [-0.39, 0.29) is 18.1 Å². The van der Waals surface area contributed by atoms with Gasteiger partial charge in [-0.05, 0) is 22.9 Å². The Morgan fingerprint density at radius 3 is 3.00 bits per heavy atom. The summed E-state index contributed by atoms with van der Waals surface area (Å²) in [6, 6.07) is 0. The van der Waals surface area contributed by atoms with Crippen LogP contribution in [0.15, 0.2) is 15.6 Å². The molecule has 0 aliphatic rings. The number of anilines is 1. The molecule has 1 N–H and O–H groups in total. The Labute approximate surface area is 101 Å². The zero-order chi connectivity index (χ0) is 12.1. The number of hydrogen-bond donors (Lipinski definition) is 1. The molecule has 0 unspecified atom stereocenters. The third kappa shape index (κ3) is 3.06. The van der Waals surface area contributed by atoms with E-state index in [4.69, 9.17) is 4.74 Å². The summed E-state index contributed by atoms with van der Waals surface area (Å²) < 4.78 is 5.09. The van der Waals surface area contributed by atoms with Crippen LogP contribution in [0, 0.1) is 0 Å². The van der Waals surface area contributed by atoms with Crippen molar-refractivity contribution >= 4 is 27.7 Å². The molecule has 1 aromatic rings. The van der Waals surface area contributed by atoms with Gasteiger partial charge in [-0.2, -0.15) is 0 Å². The monoisotopic (exact) mass is 289 g/mol. The van der Waals surface area contributed by atoms with Gasteiger partial charge in [-0.15, -0.1) is 0 Å². The highest BCUT2D eigenvalue weighted by atomic mass is 79.9. The fourth-order valence-corrected chi connectivity index (χ4v) is 1.63. The molecule has 0 saturated heterocycles. The minimum absolute atomic E-state index is 0.0445. The molecule has 7 heteroatoms. The lowest BCUT2D eigenvalue weighted by molar-refractivity contribution is -0.141. The maximum absolute atomic E-state index is 11.3. The highest BCUT2D eigenvalue weighted by Crippen LogP contribution is 2.16. The number of nitrogens with one attached hydrogen (secondary N) is 1. The van der Waals surface area contributed by atoms with Crippen LogP contribution in [0.2, 0.25) is 0 Å². The molecule has 0 aliphatic carbocycles. The van der Waals surface area contributed by atoms with Gasteiger partial charge in [0.05, 0.1) is 12.9 Å². The number of esters is 1. The SMILES string of the molecule is CCOC(=O)CN(C)c1nc[nH]c(=O)c1Br. The summed E-state index contributed by atoms with van der Waals surface area (Å²) in [5, 5.41) is 0. The smallest absolute Gasteiger partial charge is 0.325 e. The van der Waals surface area contributed by atoms with Crippen molar-refractivity contribution in [2.45, 2.75) is 6.92 Å². The van der Waals surface area contributed by atoms with Gasteiger partial charge in [0.15, 0.2) is 5.82 Å². The molecule has 0 amide bonds. The Kier molecular flexibility index (Phi) is 4.48. The number of nitrogens with zero attached hydrogens (tertiary/aromatic N) is 2. The van der Waals surface area contributed by atoms with Gasteiger partial charge in [-0.25, -0.2) is 4.98 Å². The number of aromatic nitrogens is 2. The Balaban J connectivity index is 2.81. The number of aromatic amines is 1. The molecule has 0 spiro atoms. The molecule has 0 radical (unpaired) electrons. The minimum Gasteiger partial charge on any atom is -0.465 e. The van der Waals surface area contributed by atoms with Crippen molar-refractivity contribution < 1.29 is 9.53 Å². The van der Waals surface area contributed by atoms with Gasteiger partial charge in [-0.3, -0.25) is 9.59 Å². The van der Waals surface area contributed by atoms with E-state index in [0.29, 0.717) is 16.9 Å². The van der Waals surface area contributed by atoms with Gasteiger partial charge in [0.2, 0.25) is 0 Å². The molecule has 6 nitrogen and oxygen atoms in total. The minimum atomic E-state index is -0.362. The van der Waals surface area contributed by atoms with E-state index in [1.807, 2.05) is 0 Å². The van der Waals surface area contributed by atoms with Crippen molar-refractivity contribution in [1.29, 1.82) is 0 Å². The molecule has 1 heterocycles. The second-order valence-corrected chi connectivity index (χ2v) is 3.82. The van der Waals surface area contributed by atoms with Gasteiger partial charge in [0.25, 0.3) is 5.56 Å². The van der Waals surface area contributed by atoms with Gasteiger partial charge >= 0.3 is 5.97 Å². The summed E-state index contributed by atoms with van der Waals surface area (Å²) in [5.41, 5.74) is -0.291. The summed E-state index contributed by atoms with van der Waals surface area (Å²) in [5.74, 6) is 0.0378. The van der Waals surface area contributed by atoms with Crippen molar-refractivity contribution in [2.24, 2.45) is 0 Å². The molecule has 0 atom stereocenters. The highest BCUT2D eigenvalue weighted by Gasteiger charge is 2.13. The molecule has 1 rings (SSSR count). The largest absolute Gasteiger partial charge is 0.465 e. The molecular weight excluding hydrogens is 278 g/mol. The number of carbonyl (C=O) groups excluding carboxylic acids is 1. The van der Waals surface area contributed by atoms with E-state index in [1.54, 1.807) is 14.0 Å². The molecule has 0 aromatic carbocycles. The van der Waals surface area contributed by atoms with Gasteiger partial charge < -0.3 is 14.6 Å². The first kappa shape index (κ1) is 12.7. The normalized spacial score (nSPS) is 9.94. The molecule has 0 saturated carbocycles. The lowest BCUT2D eigenvalue weighted by Crippen LogP contribution is -2.29. The van der Waals surface area contributed by atoms with Gasteiger partial charge in [-0.1, -0.05) is 0 Å². The predicted octanol–water partition coefficient (Wildman–Crippen LogP) is 0.532. The number of ether oxygens (including phenoxy) is 1. The van der Waals surface area contributed by atoms with E-state index >= 15 is 0 Å². The Bertz CT molecular complexity index is 432. The van der Waals surface area contributed by atoms with E-state index in [9.17, 15) is 9.59 Å². The van der Waals surface area contributed by atoms with Gasteiger partial charge in [0, 0.05) is 7.05 Å². The number of rotatable bonds is 4. The molecule has 0 aliphatic heterocycles. The second-order valence-electron chi connectivity index (χ2n) is 3.03. The summed E-state index contributed by atoms with van der Waals surface area (Å²) in [6.07, 6.45) is 1.28. The lowest BCUT2D eigenvalue weighted by atomic mass is 10.5. The second kappa shape index (κ2) is 5.64. The molecule has 1 aromatic heterocycles. The van der Waals surface area contributed by atoms with Crippen molar-refractivity contribution in [3.05, 3.63) is 21.2 Å². The molecular formula is C9H12BrN3O3. The van der Waals surface area contributed by atoms with Crippen LogP contribution in [-0.4, -0.2) is 36.1 Å². The first-order valence-electron chi connectivity index (χ1n) is 4.66. The van der Waals surface area contributed by atoms with Crippen LogP contribution in [-0.2, 0) is 9.53 Å². The Morgan fingerprint density at radius 1 is 1.69 bits per heavy atom. The van der Waals surface area contributed by atoms with Crippen LogP contribution in [0.25, 0.3) is 0 Å². The summed E-state index contributed by atoms with van der Waals surface area (Å²) in [7, 11) is 1.66. The first-order valence-corrected chi connectivity index (χ1v) is 5.45. The third-order valence-electron chi connectivity index (χ3n) is 1.81. The van der Waals surface area contributed by atoms with Crippen molar-refractivity contribution in [1.82, 2.24) is 9.97 Å². The fourth-order valence-electron chi connectivity index (χ4n) is 1.11. The fraction of sp³-hybridized carbons (Fsp3) is 0.444. The van der Waals surface area contributed by atoms with E-state index < -0.39 is 0 Å². The maximum Gasteiger partial charge on any atom is 0.325 e. The number of hydrogen-bond acceptors (Lipinski definition) is 5. The zero-order valence-corrected chi connectivity index (χ0v) is 10.6. The van der Waals surface area contributed by atoms with Crippen molar-refractivity contribution in [3.8, 4) is 0 Å². The Morgan fingerprint density at radius 2 is 2.38 bits per heavy atom. The molecule has 0 fully saturated rings. The summed E-state index contributed by atoms with van der Waals surface area (Å²) >= 11 is 3.11. The summed E-state index contributed by atoms with van der Waals surface area (Å²) in [4.78, 5) is 30.4. The van der Waals surface area contributed by atoms with Crippen molar-refractivity contribution in [3.63, 3.8) is 0 Å². The quantitative estimate of drug-likeness (QED) is 0.819. The zero-order valence-electron chi connectivity index (χ0n) is 8.99. The number of likely N-dealkylation sites (N-methyl/N-ethyl adjacent to an activating group) is 1. The lowest BCUT2D eigenvalue weighted by Gasteiger charge is -2.17. The maximum atomic E-state index is 11.3. The third-order valence-corrected chi connectivity index (χ3v) is 2.53. The van der Waals surface area contributed by atoms with E-state index in [0.717, 1.165) is 0 Å². The Hall–Kier alpha value is -1.37. The van der Waals surface area contributed by atoms with Gasteiger partial charge in [0.1, 0.15) is 11.0 Å². The number of halogens is 1. The number of carbonyl (C=O) groups is 1. The highest BCUT2D eigenvalue weighted by molar-refractivity contribution is 9.10. The van der Waals surface area contributed by atoms with E-state index in [1.165, 1.54) is 11.2 Å². The van der Waals surface area contributed by atoms with Crippen LogP contribution in [0.5, 0.6) is 0 Å². The summed E-state index contributed by atoms with van der Waals surface area (Å²) in [6.45, 7) is 2.11. The van der Waals surface area contributed by atoms with Crippen molar-refractivity contribution in [2.75, 3.05) is 25.1 Å². The average Bonchev–Trinajstić information content (AvgIpc) is 2.22.